The second kappa shape index (κ2) is 4.51. The van der Waals surface area contributed by atoms with Crippen molar-refractivity contribution in [1.29, 1.82) is 0 Å². The van der Waals surface area contributed by atoms with Gasteiger partial charge in [-0.25, -0.2) is 0 Å². The van der Waals surface area contributed by atoms with E-state index in [1.54, 1.807) is 0 Å². The Morgan fingerprint density at radius 2 is 2.47 bits per heavy atom. The molecular weight excluding hydrogens is 328 g/mol. The van der Waals surface area contributed by atoms with E-state index in [0.29, 0.717) is 17.6 Å². The van der Waals surface area contributed by atoms with Gasteiger partial charge in [0.25, 0.3) is 0 Å². The minimum Gasteiger partial charge on any atom is -0.378 e. The number of carbonyl (C=O) groups is 1. The van der Waals surface area contributed by atoms with Crippen molar-refractivity contribution in [2.75, 3.05) is 19.8 Å². The minimum absolute atomic E-state index is 0.0374. The number of thiophene rings is 1. The molecule has 0 spiro atoms. The monoisotopic (exact) mass is 336 g/mol. The van der Waals surface area contributed by atoms with Gasteiger partial charge in [-0.1, -0.05) is 11.6 Å². The Morgan fingerprint density at radius 3 is 3.18 bits per heavy atom. The van der Waals surface area contributed by atoms with Gasteiger partial charge in [0.2, 0.25) is 5.91 Å². The predicted octanol–water partition coefficient (Wildman–Crippen LogP) is 1.99. The van der Waals surface area contributed by atoms with Gasteiger partial charge in [0.15, 0.2) is 0 Å². The molecule has 92 valence electrons. The first kappa shape index (κ1) is 11.9. The molecule has 0 radical (unpaired) electrons. The van der Waals surface area contributed by atoms with Crippen molar-refractivity contribution in [1.82, 2.24) is 10.2 Å². The summed E-state index contributed by atoms with van der Waals surface area (Å²) in [6.45, 7) is 1.91. The minimum atomic E-state index is -0.159. The highest BCUT2D eigenvalue weighted by atomic mass is 79.9. The fourth-order valence-corrected chi connectivity index (χ4v) is 4.01. The number of carbonyl (C=O) groups excluding carboxylic acids is 1. The van der Waals surface area contributed by atoms with Crippen LogP contribution in [0.5, 0.6) is 0 Å². The Morgan fingerprint density at radius 1 is 1.65 bits per heavy atom. The fourth-order valence-electron chi connectivity index (χ4n) is 2.20. The smallest absolute Gasteiger partial charge is 0.241 e. The van der Waals surface area contributed by atoms with E-state index in [0.717, 1.165) is 15.9 Å². The molecular formula is C10H10BrClN2O2S. The molecule has 1 amide bonds. The number of rotatable bonds is 1. The molecule has 2 atom stereocenters. The van der Waals surface area contributed by atoms with Crippen LogP contribution in [0, 0.1) is 0 Å². The number of hydrogen-bond acceptors (Lipinski definition) is 4. The third-order valence-electron chi connectivity index (χ3n) is 3.02. The molecule has 2 aliphatic heterocycles. The van der Waals surface area contributed by atoms with Crippen LogP contribution in [0.2, 0.25) is 4.34 Å². The van der Waals surface area contributed by atoms with Crippen molar-refractivity contribution in [3.8, 4) is 0 Å². The zero-order valence-electron chi connectivity index (χ0n) is 8.78. The molecule has 2 saturated heterocycles. The first-order valence-corrected chi connectivity index (χ1v) is 7.24. The Hall–Kier alpha value is -0.140. The molecule has 0 saturated carbocycles. The summed E-state index contributed by atoms with van der Waals surface area (Å²) in [5.74, 6) is 0.0374. The normalized spacial score (nSPS) is 29.2. The summed E-state index contributed by atoms with van der Waals surface area (Å²) < 4.78 is 6.93. The van der Waals surface area contributed by atoms with Crippen LogP contribution in [0.25, 0.3) is 0 Å². The number of nitrogens with zero attached hydrogens (tertiary/aromatic N) is 1. The van der Waals surface area contributed by atoms with Crippen molar-refractivity contribution in [3.05, 3.63) is 19.8 Å². The van der Waals surface area contributed by atoms with Crippen LogP contribution in [0.3, 0.4) is 0 Å². The number of nitrogens with one attached hydrogen (secondary N) is 1. The van der Waals surface area contributed by atoms with Gasteiger partial charge < -0.3 is 10.1 Å². The van der Waals surface area contributed by atoms with E-state index in [-0.39, 0.29) is 18.1 Å². The Balaban J connectivity index is 1.90. The highest BCUT2D eigenvalue weighted by Gasteiger charge is 2.42. The van der Waals surface area contributed by atoms with Gasteiger partial charge in [-0.2, -0.15) is 0 Å². The van der Waals surface area contributed by atoms with Crippen LogP contribution in [-0.2, 0) is 9.53 Å². The van der Waals surface area contributed by atoms with Gasteiger partial charge in [-0.05, 0) is 22.0 Å². The molecule has 1 aromatic heterocycles. The topological polar surface area (TPSA) is 41.6 Å². The molecule has 17 heavy (non-hydrogen) atoms. The van der Waals surface area contributed by atoms with E-state index in [4.69, 9.17) is 16.3 Å². The second-order valence-corrected chi connectivity index (χ2v) is 6.55. The van der Waals surface area contributed by atoms with Gasteiger partial charge in [0.05, 0.1) is 13.2 Å². The number of hydrogen-bond donors (Lipinski definition) is 1. The lowest BCUT2D eigenvalue weighted by Crippen LogP contribution is -2.44. The van der Waals surface area contributed by atoms with Crippen molar-refractivity contribution in [2.24, 2.45) is 0 Å². The number of halogens is 2. The quantitative estimate of drug-likeness (QED) is 0.852. The molecule has 3 rings (SSSR count). The van der Waals surface area contributed by atoms with Crippen molar-refractivity contribution in [2.45, 2.75) is 12.2 Å². The van der Waals surface area contributed by atoms with Gasteiger partial charge in [0.1, 0.15) is 16.5 Å². The molecule has 0 aromatic carbocycles. The Labute approximate surface area is 116 Å². The second-order valence-electron chi connectivity index (χ2n) is 4.01. The van der Waals surface area contributed by atoms with E-state index >= 15 is 0 Å². The predicted molar refractivity (Wildman–Crippen MR) is 69.2 cm³/mol. The van der Waals surface area contributed by atoms with Crippen molar-refractivity contribution < 1.29 is 9.53 Å². The fraction of sp³-hybridized carbons (Fsp3) is 0.500. The lowest BCUT2D eigenvalue weighted by Gasteiger charge is -2.30. The highest BCUT2D eigenvalue weighted by Crippen LogP contribution is 2.38. The standard InChI is InChI=1S/C10H10BrClN2O2S/c11-5-3-7(17-8(5)12)9-13-10(15)6-4-16-2-1-14(6)9/h3,6,9H,1-2,4H2,(H,13,15). The average Bonchev–Trinajstić information content (AvgIpc) is 2.82. The van der Waals surface area contributed by atoms with Crippen LogP contribution >= 0.6 is 38.9 Å². The maximum Gasteiger partial charge on any atom is 0.241 e. The number of amides is 1. The van der Waals surface area contributed by atoms with E-state index in [1.165, 1.54) is 11.3 Å². The average molecular weight is 338 g/mol. The number of fused-ring (bicyclic) bond motifs is 1. The van der Waals surface area contributed by atoms with Crippen LogP contribution in [0.1, 0.15) is 11.0 Å². The summed E-state index contributed by atoms with van der Waals surface area (Å²) in [5.41, 5.74) is 0. The van der Waals surface area contributed by atoms with Crippen LogP contribution < -0.4 is 5.32 Å². The van der Waals surface area contributed by atoms with Gasteiger partial charge in [-0.3, -0.25) is 9.69 Å². The van der Waals surface area contributed by atoms with Gasteiger partial charge in [-0.15, -0.1) is 11.3 Å². The number of ether oxygens (including phenoxy) is 1. The van der Waals surface area contributed by atoms with Gasteiger partial charge in [0, 0.05) is 15.9 Å². The lowest BCUT2D eigenvalue weighted by molar-refractivity contribution is -0.125. The molecule has 1 aromatic rings. The zero-order chi connectivity index (χ0) is 12.0. The summed E-state index contributed by atoms with van der Waals surface area (Å²) in [6.07, 6.45) is -0.0646. The van der Waals surface area contributed by atoms with Crippen LogP contribution in [-0.4, -0.2) is 36.6 Å². The first-order chi connectivity index (χ1) is 8.16. The molecule has 3 heterocycles. The maximum absolute atomic E-state index is 11.8. The largest absolute Gasteiger partial charge is 0.378 e. The zero-order valence-corrected chi connectivity index (χ0v) is 11.9. The summed E-state index contributed by atoms with van der Waals surface area (Å²) in [4.78, 5) is 15.0. The Kier molecular flexibility index (Phi) is 3.16. The van der Waals surface area contributed by atoms with Gasteiger partial charge >= 0.3 is 0 Å². The summed E-state index contributed by atoms with van der Waals surface area (Å²) in [7, 11) is 0. The number of morpholine rings is 1. The third-order valence-corrected chi connectivity index (χ3v) is 5.54. The summed E-state index contributed by atoms with van der Waals surface area (Å²) in [5, 5.41) is 2.99. The van der Waals surface area contributed by atoms with Crippen LogP contribution in [0.4, 0.5) is 0 Å². The maximum atomic E-state index is 11.8. The SMILES string of the molecule is O=C1NC(c2cc(Br)c(Cl)s2)N2CCOCC12. The van der Waals surface area contributed by atoms with E-state index in [1.807, 2.05) is 6.07 Å². The molecule has 2 fully saturated rings. The van der Waals surface area contributed by atoms with E-state index in [9.17, 15) is 4.79 Å². The molecule has 4 nitrogen and oxygen atoms in total. The molecule has 0 bridgehead atoms. The van der Waals surface area contributed by atoms with E-state index in [2.05, 4.69) is 26.1 Å². The first-order valence-electron chi connectivity index (χ1n) is 5.25. The van der Waals surface area contributed by atoms with Crippen LogP contribution in [0.15, 0.2) is 10.5 Å². The molecule has 2 unspecified atom stereocenters. The van der Waals surface area contributed by atoms with Crippen molar-refractivity contribution in [3.63, 3.8) is 0 Å². The highest BCUT2D eigenvalue weighted by molar-refractivity contribution is 9.10. The molecule has 1 N–H and O–H groups in total. The lowest BCUT2D eigenvalue weighted by atomic mass is 10.2. The van der Waals surface area contributed by atoms with Crippen molar-refractivity contribution >= 4 is 44.8 Å². The van der Waals surface area contributed by atoms with E-state index < -0.39 is 0 Å². The summed E-state index contributed by atoms with van der Waals surface area (Å²) in [6, 6.07) is 1.81. The Bertz CT molecular complexity index is 448. The molecule has 0 aliphatic carbocycles. The third kappa shape index (κ3) is 2.02. The summed E-state index contributed by atoms with van der Waals surface area (Å²) >= 11 is 10.9. The molecule has 2 aliphatic rings. The molecule has 7 heteroatoms.